The van der Waals surface area contributed by atoms with Crippen LogP contribution in [-0.4, -0.2) is 15.6 Å². The molecule has 1 amide bonds. The average Bonchev–Trinajstić information content (AvgIpc) is 2.93. The van der Waals surface area contributed by atoms with E-state index in [1.54, 1.807) is 12.4 Å². The first-order chi connectivity index (χ1) is 8.84. The number of anilines is 1. The quantitative estimate of drug-likeness (QED) is 0.706. The molecule has 0 spiro atoms. The van der Waals surface area contributed by atoms with Crippen molar-refractivity contribution in [1.29, 1.82) is 0 Å². The molecule has 88 valence electrons. The van der Waals surface area contributed by atoms with E-state index in [0.717, 1.165) is 16.5 Å². The molecule has 0 atom stereocenters. The number of nitrogens with zero attached hydrogens (tertiary/aromatic N) is 2. The molecule has 0 aliphatic heterocycles. The summed E-state index contributed by atoms with van der Waals surface area (Å²) in [5.74, 6) is 0. The summed E-state index contributed by atoms with van der Waals surface area (Å²) in [6, 6.07) is 13.5. The van der Waals surface area contributed by atoms with E-state index in [-0.39, 0.29) is 6.03 Å². The van der Waals surface area contributed by atoms with Crippen LogP contribution in [0.5, 0.6) is 0 Å². The third kappa shape index (κ3) is 1.84. The van der Waals surface area contributed by atoms with Crippen molar-refractivity contribution in [2.75, 3.05) is 5.32 Å². The SMILES string of the molecule is O=C(Nc1cccc2ccccc12)n1ccnc1. The van der Waals surface area contributed by atoms with Crippen LogP contribution in [0.2, 0.25) is 0 Å². The van der Waals surface area contributed by atoms with Crippen LogP contribution >= 0.6 is 0 Å². The van der Waals surface area contributed by atoms with Gasteiger partial charge in [-0.25, -0.2) is 9.78 Å². The van der Waals surface area contributed by atoms with Gasteiger partial charge in [0.15, 0.2) is 0 Å². The number of carbonyl (C=O) groups is 1. The minimum Gasteiger partial charge on any atom is -0.307 e. The van der Waals surface area contributed by atoms with E-state index in [1.165, 1.54) is 10.9 Å². The number of rotatable bonds is 1. The monoisotopic (exact) mass is 237 g/mol. The number of imidazole rings is 1. The second-order valence-corrected chi connectivity index (χ2v) is 3.93. The van der Waals surface area contributed by atoms with Gasteiger partial charge in [-0.2, -0.15) is 0 Å². The van der Waals surface area contributed by atoms with Gasteiger partial charge in [0.1, 0.15) is 6.33 Å². The van der Waals surface area contributed by atoms with E-state index in [0.29, 0.717) is 0 Å². The van der Waals surface area contributed by atoms with Gasteiger partial charge in [0.05, 0.1) is 5.69 Å². The molecule has 0 bridgehead atoms. The van der Waals surface area contributed by atoms with Gasteiger partial charge >= 0.3 is 6.03 Å². The molecule has 3 aromatic rings. The van der Waals surface area contributed by atoms with Gasteiger partial charge in [-0.15, -0.1) is 0 Å². The topological polar surface area (TPSA) is 46.9 Å². The van der Waals surface area contributed by atoms with Crippen molar-refractivity contribution in [3.63, 3.8) is 0 Å². The summed E-state index contributed by atoms with van der Waals surface area (Å²) >= 11 is 0. The van der Waals surface area contributed by atoms with Crippen LogP contribution < -0.4 is 5.32 Å². The first kappa shape index (κ1) is 10.5. The van der Waals surface area contributed by atoms with Gasteiger partial charge in [-0.1, -0.05) is 36.4 Å². The first-order valence-electron chi connectivity index (χ1n) is 5.62. The van der Waals surface area contributed by atoms with Crippen molar-refractivity contribution in [3.8, 4) is 0 Å². The molecule has 18 heavy (non-hydrogen) atoms. The second kappa shape index (κ2) is 4.33. The fraction of sp³-hybridized carbons (Fsp3) is 0. The Labute approximate surface area is 104 Å². The molecule has 0 saturated heterocycles. The van der Waals surface area contributed by atoms with E-state index in [2.05, 4.69) is 10.3 Å². The lowest BCUT2D eigenvalue weighted by atomic mass is 10.1. The number of hydrogen-bond acceptors (Lipinski definition) is 2. The lowest BCUT2D eigenvalue weighted by molar-refractivity contribution is 0.253. The van der Waals surface area contributed by atoms with Crippen LogP contribution in [0.25, 0.3) is 10.8 Å². The van der Waals surface area contributed by atoms with Crippen LogP contribution in [0.3, 0.4) is 0 Å². The number of amides is 1. The number of fused-ring (bicyclic) bond motifs is 1. The molecule has 1 N–H and O–H groups in total. The van der Waals surface area contributed by atoms with Crippen LogP contribution in [0.1, 0.15) is 0 Å². The van der Waals surface area contributed by atoms with Gasteiger partial charge < -0.3 is 5.32 Å². The van der Waals surface area contributed by atoms with Crippen LogP contribution in [-0.2, 0) is 0 Å². The summed E-state index contributed by atoms with van der Waals surface area (Å²) in [5, 5.41) is 4.99. The summed E-state index contributed by atoms with van der Waals surface area (Å²) in [6.07, 6.45) is 4.66. The molecule has 4 nitrogen and oxygen atoms in total. The molecule has 0 aliphatic carbocycles. The zero-order valence-corrected chi connectivity index (χ0v) is 9.58. The molecule has 1 heterocycles. The van der Waals surface area contributed by atoms with Crippen molar-refractivity contribution in [1.82, 2.24) is 9.55 Å². The minimum atomic E-state index is -0.219. The molecule has 0 aliphatic rings. The molecule has 1 aromatic heterocycles. The molecule has 2 aromatic carbocycles. The number of nitrogens with one attached hydrogen (secondary N) is 1. The van der Waals surface area contributed by atoms with Crippen molar-refractivity contribution >= 4 is 22.5 Å². The van der Waals surface area contributed by atoms with Gasteiger partial charge in [-0.3, -0.25) is 4.57 Å². The van der Waals surface area contributed by atoms with Crippen LogP contribution in [0.4, 0.5) is 10.5 Å². The molecule has 0 saturated carbocycles. The molecular formula is C14H11N3O. The van der Waals surface area contributed by atoms with E-state index in [1.807, 2.05) is 42.5 Å². The van der Waals surface area contributed by atoms with E-state index in [4.69, 9.17) is 0 Å². The molecule has 3 rings (SSSR count). The maximum absolute atomic E-state index is 11.9. The third-order valence-corrected chi connectivity index (χ3v) is 2.77. The van der Waals surface area contributed by atoms with Gasteiger partial charge in [-0.05, 0) is 11.5 Å². The van der Waals surface area contributed by atoms with Crippen molar-refractivity contribution in [3.05, 3.63) is 61.2 Å². The Morgan fingerprint density at radius 2 is 1.94 bits per heavy atom. The molecular weight excluding hydrogens is 226 g/mol. The molecule has 0 fully saturated rings. The predicted octanol–water partition coefficient (Wildman–Crippen LogP) is 3.12. The number of carbonyl (C=O) groups excluding carboxylic acids is 1. The van der Waals surface area contributed by atoms with Crippen molar-refractivity contribution in [2.45, 2.75) is 0 Å². The highest BCUT2D eigenvalue weighted by atomic mass is 16.2. The molecule has 0 radical (unpaired) electrons. The Balaban J connectivity index is 1.98. The van der Waals surface area contributed by atoms with E-state index >= 15 is 0 Å². The average molecular weight is 237 g/mol. The summed E-state index contributed by atoms with van der Waals surface area (Å²) in [4.78, 5) is 15.8. The highest BCUT2D eigenvalue weighted by Gasteiger charge is 2.06. The highest BCUT2D eigenvalue weighted by molar-refractivity contribution is 6.02. The summed E-state index contributed by atoms with van der Waals surface area (Å²) in [5.41, 5.74) is 0.798. The summed E-state index contributed by atoms with van der Waals surface area (Å²) in [6.45, 7) is 0. The van der Waals surface area contributed by atoms with Crippen LogP contribution in [0.15, 0.2) is 61.2 Å². The maximum Gasteiger partial charge on any atom is 0.331 e. The molecule has 4 heteroatoms. The largest absolute Gasteiger partial charge is 0.331 e. The first-order valence-corrected chi connectivity index (χ1v) is 5.62. The van der Waals surface area contributed by atoms with Gasteiger partial charge in [0.25, 0.3) is 0 Å². The lowest BCUT2D eigenvalue weighted by Gasteiger charge is -2.08. The fourth-order valence-corrected chi connectivity index (χ4v) is 1.89. The Bertz CT molecular complexity index is 684. The summed E-state index contributed by atoms with van der Waals surface area (Å²) < 4.78 is 1.40. The van der Waals surface area contributed by atoms with Crippen molar-refractivity contribution in [2.24, 2.45) is 0 Å². The number of benzene rings is 2. The Morgan fingerprint density at radius 1 is 1.11 bits per heavy atom. The van der Waals surface area contributed by atoms with Gasteiger partial charge in [0, 0.05) is 17.8 Å². The minimum absolute atomic E-state index is 0.219. The van der Waals surface area contributed by atoms with E-state index < -0.39 is 0 Å². The van der Waals surface area contributed by atoms with E-state index in [9.17, 15) is 4.79 Å². The zero-order chi connectivity index (χ0) is 12.4. The third-order valence-electron chi connectivity index (χ3n) is 2.77. The van der Waals surface area contributed by atoms with Crippen molar-refractivity contribution < 1.29 is 4.79 Å². The Kier molecular flexibility index (Phi) is 2.53. The standard InChI is InChI=1S/C14H11N3O/c18-14(17-9-8-15-10-17)16-13-7-3-5-11-4-1-2-6-12(11)13/h1-10H,(H,16,18). The fourth-order valence-electron chi connectivity index (χ4n) is 1.89. The highest BCUT2D eigenvalue weighted by Crippen LogP contribution is 2.22. The summed E-state index contributed by atoms with van der Waals surface area (Å²) in [7, 11) is 0. The normalized spacial score (nSPS) is 10.4. The second-order valence-electron chi connectivity index (χ2n) is 3.93. The zero-order valence-electron chi connectivity index (χ0n) is 9.58. The van der Waals surface area contributed by atoms with Crippen LogP contribution in [0, 0.1) is 0 Å². The van der Waals surface area contributed by atoms with Gasteiger partial charge in [0.2, 0.25) is 0 Å². The number of aromatic nitrogens is 2. The molecule has 0 unspecified atom stereocenters. The Hall–Kier alpha value is -2.62. The smallest absolute Gasteiger partial charge is 0.307 e. The maximum atomic E-state index is 11.9. The Morgan fingerprint density at radius 3 is 2.78 bits per heavy atom. The lowest BCUT2D eigenvalue weighted by Crippen LogP contribution is -2.17. The predicted molar refractivity (Wildman–Crippen MR) is 70.6 cm³/mol. The number of hydrogen-bond donors (Lipinski definition) is 1.